The molecule has 2 aromatic rings. The van der Waals surface area contributed by atoms with Crippen molar-refractivity contribution in [3.8, 4) is 0 Å². The summed E-state index contributed by atoms with van der Waals surface area (Å²) in [5.74, 6) is -0.106. The number of sulfonamides is 1. The summed E-state index contributed by atoms with van der Waals surface area (Å²) in [5, 5.41) is 4.85. The number of benzene rings is 1. The molecule has 28 heavy (non-hydrogen) atoms. The molecule has 1 amide bonds. The largest absolute Gasteiger partial charge is 0.356 e. The average Bonchev–Trinajstić information content (AvgIpc) is 3.11. The summed E-state index contributed by atoms with van der Waals surface area (Å²) in [7, 11) is -3.67. The molecule has 0 aliphatic heterocycles. The van der Waals surface area contributed by atoms with Gasteiger partial charge in [-0.15, -0.1) is 11.3 Å². The first-order chi connectivity index (χ1) is 13.4. The molecular weight excluding hydrogens is 396 g/mol. The molecule has 0 radical (unpaired) electrons. The monoisotopic (exact) mass is 424 g/mol. The van der Waals surface area contributed by atoms with E-state index < -0.39 is 10.0 Å². The lowest BCUT2D eigenvalue weighted by Crippen LogP contribution is -2.28. The minimum absolute atomic E-state index is 0.106. The zero-order chi connectivity index (χ0) is 20.4. The molecule has 0 saturated carbocycles. The predicted octanol–water partition coefficient (Wildman–Crippen LogP) is 2.72. The first-order valence-electron chi connectivity index (χ1n) is 9.46. The Hall–Kier alpha value is -1.97. The third-order valence-corrected chi connectivity index (χ3v) is 6.58. The Kier molecular flexibility index (Phi) is 8.88. The van der Waals surface area contributed by atoms with Crippen molar-refractivity contribution < 1.29 is 13.2 Å². The lowest BCUT2D eigenvalue weighted by atomic mass is 10.2. The van der Waals surface area contributed by atoms with E-state index in [1.807, 2.05) is 0 Å². The Morgan fingerprint density at radius 1 is 1.14 bits per heavy atom. The topological polar surface area (TPSA) is 91.4 Å². The van der Waals surface area contributed by atoms with Crippen LogP contribution in [0.15, 0.2) is 40.6 Å². The molecule has 0 spiro atoms. The molecule has 2 rings (SSSR count). The van der Waals surface area contributed by atoms with Crippen molar-refractivity contribution in [1.82, 2.24) is 15.2 Å². The summed E-state index contributed by atoms with van der Waals surface area (Å²) in [6, 6.07) is 8.11. The van der Waals surface area contributed by atoms with Crippen LogP contribution in [0.5, 0.6) is 0 Å². The molecule has 0 bridgehead atoms. The van der Waals surface area contributed by atoms with Crippen LogP contribution in [0.4, 0.5) is 5.13 Å². The normalized spacial score (nSPS) is 11.5. The Morgan fingerprint density at radius 2 is 1.86 bits per heavy atom. The molecule has 0 aliphatic rings. The molecule has 1 aromatic carbocycles. The van der Waals surface area contributed by atoms with E-state index in [0.717, 1.165) is 32.5 Å². The second-order valence-electron chi connectivity index (χ2n) is 6.32. The molecule has 0 aliphatic carbocycles. The zero-order valence-corrected chi connectivity index (χ0v) is 18.0. The number of nitrogens with zero attached hydrogens (tertiary/aromatic N) is 2. The molecule has 0 saturated heterocycles. The molecule has 0 atom stereocenters. The summed E-state index contributed by atoms with van der Waals surface area (Å²) in [5.41, 5.74) is 0.552. The van der Waals surface area contributed by atoms with E-state index in [9.17, 15) is 13.2 Å². The number of carbonyl (C=O) groups excluding carboxylic acids is 1. The van der Waals surface area contributed by atoms with Crippen molar-refractivity contribution in [3.05, 3.63) is 41.4 Å². The van der Waals surface area contributed by atoms with Gasteiger partial charge in [-0.1, -0.05) is 32.0 Å². The number of unbranched alkanes of at least 4 members (excludes halogenated alkanes) is 1. The van der Waals surface area contributed by atoms with E-state index >= 15 is 0 Å². The summed E-state index contributed by atoms with van der Waals surface area (Å²) >= 11 is 1.17. The molecule has 1 heterocycles. The van der Waals surface area contributed by atoms with Crippen molar-refractivity contribution in [3.63, 3.8) is 0 Å². The van der Waals surface area contributed by atoms with Gasteiger partial charge in [0.05, 0.1) is 17.0 Å². The summed E-state index contributed by atoms with van der Waals surface area (Å²) in [6.07, 6.45) is 2.12. The summed E-state index contributed by atoms with van der Waals surface area (Å²) in [6.45, 7) is 8.06. The first kappa shape index (κ1) is 22.3. The Morgan fingerprint density at radius 3 is 2.54 bits per heavy atom. The summed E-state index contributed by atoms with van der Waals surface area (Å²) < 4.78 is 27.1. The molecule has 0 unspecified atom stereocenters. The number of aromatic nitrogens is 1. The molecule has 2 N–H and O–H groups in total. The van der Waals surface area contributed by atoms with Crippen LogP contribution in [0.2, 0.25) is 0 Å². The first-order valence-corrected chi connectivity index (χ1v) is 11.8. The fourth-order valence-corrected chi connectivity index (χ4v) is 4.65. The van der Waals surface area contributed by atoms with Crippen LogP contribution in [0.1, 0.15) is 32.4 Å². The van der Waals surface area contributed by atoms with Crippen LogP contribution in [-0.4, -0.2) is 50.4 Å². The van der Waals surface area contributed by atoms with Gasteiger partial charge in [0.2, 0.25) is 5.91 Å². The lowest BCUT2D eigenvalue weighted by Gasteiger charge is -2.17. The van der Waals surface area contributed by atoms with E-state index in [4.69, 9.17) is 0 Å². The Balaban J connectivity index is 1.76. The van der Waals surface area contributed by atoms with E-state index in [2.05, 4.69) is 33.8 Å². The van der Waals surface area contributed by atoms with Crippen molar-refractivity contribution in [1.29, 1.82) is 0 Å². The number of carbonyl (C=O) groups is 1. The van der Waals surface area contributed by atoms with Crippen LogP contribution in [0.3, 0.4) is 0 Å². The zero-order valence-electron chi connectivity index (χ0n) is 16.3. The summed E-state index contributed by atoms with van der Waals surface area (Å²) in [4.78, 5) is 18.8. The molecule has 154 valence electrons. The molecular formula is C19H28N4O3S2. The van der Waals surface area contributed by atoms with Crippen LogP contribution in [0.25, 0.3) is 0 Å². The molecule has 1 aromatic heterocycles. The van der Waals surface area contributed by atoms with Crippen molar-refractivity contribution in [2.45, 2.75) is 38.0 Å². The van der Waals surface area contributed by atoms with Gasteiger partial charge < -0.3 is 10.2 Å². The van der Waals surface area contributed by atoms with Crippen molar-refractivity contribution in [2.75, 3.05) is 30.9 Å². The highest BCUT2D eigenvalue weighted by Crippen LogP contribution is 2.20. The minimum atomic E-state index is -3.67. The number of amides is 1. The highest BCUT2D eigenvalue weighted by molar-refractivity contribution is 7.93. The molecule has 9 heteroatoms. The fraction of sp³-hybridized carbons (Fsp3) is 0.474. The average molecular weight is 425 g/mol. The smallest absolute Gasteiger partial charge is 0.263 e. The van der Waals surface area contributed by atoms with Crippen LogP contribution < -0.4 is 10.0 Å². The minimum Gasteiger partial charge on any atom is -0.356 e. The van der Waals surface area contributed by atoms with Crippen molar-refractivity contribution in [2.24, 2.45) is 0 Å². The number of hydrogen-bond donors (Lipinski definition) is 2. The third kappa shape index (κ3) is 7.21. The standard InChI is InChI=1S/C19H28N4O3S2/c1-3-23(4-2)13-9-8-12-20-18(24)14-16-15-27-19(21-16)22-28(25,26)17-10-6-5-7-11-17/h5-7,10-11,15H,3-4,8-9,12-14H2,1-2H3,(H,20,24)(H,21,22). The van der Waals surface area contributed by atoms with Gasteiger partial charge in [0.25, 0.3) is 10.0 Å². The van der Waals surface area contributed by atoms with E-state index in [1.165, 1.54) is 23.5 Å². The van der Waals surface area contributed by atoms with E-state index in [0.29, 0.717) is 12.2 Å². The third-order valence-electron chi connectivity index (χ3n) is 4.29. The van der Waals surface area contributed by atoms with Gasteiger partial charge in [-0.2, -0.15) is 0 Å². The Labute approximate surface area is 171 Å². The number of nitrogens with one attached hydrogen (secondary N) is 2. The van der Waals surface area contributed by atoms with Gasteiger partial charge in [0.1, 0.15) is 0 Å². The maximum Gasteiger partial charge on any atom is 0.263 e. The van der Waals surface area contributed by atoms with Crippen LogP contribution in [-0.2, 0) is 21.2 Å². The number of hydrogen-bond acceptors (Lipinski definition) is 6. The number of thiazole rings is 1. The van der Waals surface area contributed by atoms with Gasteiger partial charge in [0, 0.05) is 11.9 Å². The Bertz CT molecular complexity index is 834. The highest BCUT2D eigenvalue weighted by Gasteiger charge is 2.16. The molecule has 0 fully saturated rings. The van der Waals surface area contributed by atoms with Gasteiger partial charge in [-0.3, -0.25) is 9.52 Å². The highest BCUT2D eigenvalue weighted by atomic mass is 32.2. The maximum atomic E-state index is 12.3. The van der Waals surface area contributed by atoms with Gasteiger partial charge in [0.15, 0.2) is 5.13 Å². The molecule has 7 nitrogen and oxygen atoms in total. The number of rotatable bonds is 12. The second-order valence-corrected chi connectivity index (χ2v) is 8.86. The SMILES string of the molecule is CCN(CC)CCCCNC(=O)Cc1csc(NS(=O)(=O)c2ccccc2)n1. The fourth-order valence-electron chi connectivity index (χ4n) is 2.66. The maximum absolute atomic E-state index is 12.3. The lowest BCUT2D eigenvalue weighted by molar-refractivity contribution is -0.120. The number of anilines is 1. The van der Waals surface area contributed by atoms with Gasteiger partial charge in [-0.25, -0.2) is 13.4 Å². The van der Waals surface area contributed by atoms with E-state index in [1.54, 1.807) is 23.6 Å². The van der Waals surface area contributed by atoms with Crippen LogP contribution >= 0.6 is 11.3 Å². The second kappa shape index (κ2) is 11.1. The van der Waals surface area contributed by atoms with E-state index in [-0.39, 0.29) is 22.4 Å². The predicted molar refractivity (Wildman–Crippen MR) is 113 cm³/mol. The van der Waals surface area contributed by atoms with Gasteiger partial charge >= 0.3 is 0 Å². The van der Waals surface area contributed by atoms with Crippen molar-refractivity contribution >= 4 is 32.4 Å². The van der Waals surface area contributed by atoms with Gasteiger partial charge in [-0.05, 0) is 44.6 Å². The quantitative estimate of drug-likeness (QED) is 0.511. The van der Waals surface area contributed by atoms with Crippen LogP contribution in [0, 0.1) is 0 Å².